The third-order valence-electron chi connectivity index (χ3n) is 3.31. The van der Waals surface area contributed by atoms with Gasteiger partial charge >= 0.3 is 0 Å². The quantitative estimate of drug-likeness (QED) is 0.835. The first-order valence-electron chi connectivity index (χ1n) is 5.50. The molecule has 1 amide bonds. The Kier molecular flexibility index (Phi) is 3.12. The van der Waals surface area contributed by atoms with Crippen LogP contribution in [0.2, 0.25) is 0 Å². The SMILES string of the molecule is CCC1(C)CNc2cc(F)c(Br)cc2NC1=O. The van der Waals surface area contributed by atoms with Gasteiger partial charge in [-0.3, -0.25) is 4.79 Å². The Morgan fingerprint density at radius 3 is 2.82 bits per heavy atom. The monoisotopic (exact) mass is 300 g/mol. The van der Waals surface area contributed by atoms with Gasteiger partial charge in [0.25, 0.3) is 0 Å². The zero-order chi connectivity index (χ0) is 12.6. The van der Waals surface area contributed by atoms with Crippen molar-refractivity contribution < 1.29 is 9.18 Å². The molecule has 1 atom stereocenters. The largest absolute Gasteiger partial charge is 0.382 e. The van der Waals surface area contributed by atoms with Crippen molar-refractivity contribution in [3.63, 3.8) is 0 Å². The van der Waals surface area contributed by atoms with Crippen LogP contribution in [0, 0.1) is 11.2 Å². The molecule has 1 aromatic carbocycles. The average molecular weight is 301 g/mol. The molecule has 1 aliphatic heterocycles. The average Bonchev–Trinajstić information content (AvgIpc) is 2.41. The lowest BCUT2D eigenvalue weighted by Crippen LogP contribution is -2.36. The first-order valence-corrected chi connectivity index (χ1v) is 6.30. The molecule has 1 heterocycles. The molecule has 0 radical (unpaired) electrons. The second-order valence-corrected chi connectivity index (χ2v) is 5.39. The summed E-state index contributed by atoms with van der Waals surface area (Å²) in [6.45, 7) is 4.36. The van der Waals surface area contributed by atoms with Crippen molar-refractivity contribution in [3.05, 3.63) is 22.4 Å². The fourth-order valence-electron chi connectivity index (χ4n) is 1.73. The van der Waals surface area contributed by atoms with Gasteiger partial charge in [0.05, 0.1) is 21.3 Å². The smallest absolute Gasteiger partial charge is 0.232 e. The summed E-state index contributed by atoms with van der Waals surface area (Å²) in [7, 11) is 0. The Morgan fingerprint density at radius 2 is 2.18 bits per heavy atom. The Labute approximate surface area is 108 Å². The molecular weight excluding hydrogens is 287 g/mol. The minimum absolute atomic E-state index is 0.0373. The van der Waals surface area contributed by atoms with E-state index in [0.717, 1.165) is 6.42 Å². The van der Waals surface area contributed by atoms with Crippen molar-refractivity contribution in [2.75, 3.05) is 17.2 Å². The Hall–Kier alpha value is -1.10. The molecule has 17 heavy (non-hydrogen) atoms. The molecule has 92 valence electrons. The maximum absolute atomic E-state index is 13.4. The van der Waals surface area contributed by atoms with Gasteiger partial charge < -0.3 is 10.6 Å². The van der Waals surface area contributed by atoms with Gasteiger partial charge in [-0.2, -0.15) is 0 Å². The molecule has 0 bridgehead atoms. The van der Waals surface area contributed by atoms with Gasteiger partial charge in [0.2, 0.25) is 5.91 Å². The lowest BCUT2D eigenvalue weighted by Gasteiger charge is -2.23. The number of benzene rings is 1. The summed E-state index contributed by atoms with van der Waals surface area (Å²) in [4.78, 5) is 12.1. The summed E-state index contributed by atoms with van der Waals surface area (Å²) in [5.74, 6) is -0.379. The predicted octanol–water partition coefficient (Wildman–Crippen LogP) is 3.37. The van der Waals surface area contributed by atoms with Crippen LogP contribution in [0.15, 0.2) is 16.6 Å². The van der Waals surface area contributed by atoms with Crippen LogP contribution in [0.5, 0.6) is 0 Å². The summed E-state index contributed by atoms with van der Waals surface area (Å²) < 4.78 is 13.8. The van der Waals surface area contributed by atoms with Crippen molar-refractivity contribution >= 4 is 33.2 Å². The Bertz CT molecular complexity index is 478. The number of carbonyl (C=O) groups is 1. The predicted molar refractivity (Wildman–Crippen MR) is 69.6 cm³/mol. The molecule has 1 aliphatic rings. The molecule has 0 spiro atoms. The fraction of sp³-hybridized carbons (Fsp3) is 0.417. The lowest BCUT2D eigenvalue weighted by atomic mass is 9.86. The third-order valence-corrected chi connectivity index (χ3v) is 3.91. The highest BCUT2D eigenvalue weighted by molar-refractivity contribution is 9.10. The molecule has 5 heteroatoms. The van der Waals surface area contributed by atoms with E-state index in [9.17, 15) is 9.18 Å². The number of nitrogens with one attached hydrogen (secondary N) is 2. The summed E-state index contributed by atoms with van der Waals surface area (Å²) >= 11 is 3.11. The van der Waals surface area contributed by atoms with Crippen LogP contribution in [-0.4, -0.2) is 12.5 Å². The molecule has 0 fully saturated rings. The van der Waals surface area contributed by atoms with Crippen LogP contribution in [0.25, 0.3) is 0 Å². The van der Waals surface area contributed by atoms with Gasteiger partial charge in [-0.1, -0.05) is 6.92 Å². The van der Waals surface area contributed by atoms with E-state index in [4.69, 9.17) is 0 Å². The van der Waals surface area contributed by atoms with Gasteiger partial charge in [0.1, 0.15) is 5.82 Å². The molecule has 0 saturated heterocycles. The maximum atomic E-state index is 13.4. The van der Waals surface area contributed by atoms with E-state index >= 15 is 0 Å². The highest BCUT2D eigenvalue weighted by Gasteiger charge is 2.34. The number of fused-ring (bicyclic) bond motifs is 1. The van der Waals surface area contributed by atoms with Crippen molar-refractivity contribution in [2.45, 2.75) is 20.3 Å². The minimum Gasteiger partial charge on any atom is -0.382 e. The van der Waals surface area contributed by atoms with Crippen LogP contribution in [0.1, 0.15) is 20.3 Å². The molecule has 0 saturated carbocycles. The molecule has 0 aliphatic carbocycles. The summed E-state index contributed by atoms with van der Waals surface area (Å²) in [5.41, 5.74) is 0.763. The van der Waals surface area contributed by atoms with E-state index in [2.05, 4.69) is 26.6 Å². The van der Waals surface area contributed by atoms with Crippen LogP contribution in [0.3, 0.4) is 0 Å². The summed E-state index contributed by atoms with van der Waals surface area (Å²) in [5, 5.41) is 5.95. The Balaban J connectivity index is 2.42. The summed E-state index contributed by atoms with van der Waals surface area (Å²) in [6, 6.07) is 2.97. The molecule has 1 aromatic rings. The van der Waals surface area contributed by atoms with Crippen LogP contribution in [-0.2, 0) is 4.79 Å². The zero-order valence-corrected chi connectivity index (χ0v) is 11.3. The minimum atomic E-state index is -0.470. The second-order valence-electron chi connectivity index (χ2n) is 4.53. The molecular formula is C12H14BrFN2O. The van der Waals surface area contributed by atoms with Crippen LogP contribution >= 0.6 is 15.9 Å². The van der Waals surface area contributed by atoms with Crippen LogP contribution in [0.4, 0.5) is 15.8 Å². The highest BCUT2D eigenvalue weighted by Crippen LogP contribution is 2.35. The zero-order valence-electron chi connectivity index (χ0n) is 9.73. The lowest BCUT2D eigenvalue weighted by molar-refractivity contribution is -0.124. The van der Waals surface area contributed by atoms with Crippen LogP contribution < -0.4 is 10.6 Å². The van der Waals surface area contributed by atoms with Crippen molar-refractivity contribution in [1.29, 1.82) is 0 Å². The van der Waals surface area contributed by atoms with Gasteiger partial charge in [-0.25, -0.2) is 4.39 Å². The van der Waals surface area contributed by atoms with Gasteiger partial charge in [0.15, 0.2) is 0 Å². The number of hydrogen-bond donors (Lipinski definition) is 2. The number of amides is 1. The van der Waals surface area contributed by atoms with E-state index in [1.54, 1.807) is 6.07 Å². The van der Waals surface area contributed by atoms with Gasteiger partial charge in [-0.15, -0.1) is 0 Å². The number of hydrogen-bond acceptors (Lipinski definition) is 2. The topological polar surface area (TPSA) is 41.1 Å². The fourth-order valence-corrected chi connectivity index (χ4v) is 2.07. The molecule has 2 rings (SSSR count). The third kappa shape index (κ3) is 2.16. The molecule has 0 aromatic heterocycles. The van der Waals surface area contributed by atoms with Crippen molar-refractivity contribution in [3.8, 4) is 0 Å². The van der Waals surface area contributed by atoms with E-state index in [1.165, 1.54) is 6.07 Å². The number of carbonyl (C=O) groups excluding carboxylic acids is 1. The standard InChI is InChI=1S/C12H14BrFN2O/c1-3-12(2)6-15-9-5-8(14)7(13)4-10(9)16-11(12)17/h4-5,15H,3,6H2,1-2H3,(H,16,17). The van der Waals surface area contributed by atoms with E-state index < -0.39 is 5.41 Å². The molecule has 3 nitrogen and oxygen atoms in total. The highest BCUT2D eigenvalue weighted by atomic mass is 79.9. The number of rotatable bonds is 1. The summed E-state index contributed by atoms with van der Waals surface area (Å²) in [6.07, 6.45) is 0.726. The van der Waals surface area contributed by atoms with Crippen molar-refractivity contribution in [2.24, 2.45) is 5.41 Å². The van der Waals surface area contributed by atoms with E-state index in [-0.39, 0.29) is 11.7 Å². The second kappa shape index (κ2) is 4.29. The molecule has 2 N–H and O–H groups in total. The number of halogens is 2. The van der Waals surface area contributed by atoms with E-state index in [0.29, 0.717) is 22.4 Å². The van der Waals surface area contributed by atoms with Gasteiger partial charge in [-0.05, 0) is 35.3 Å². The maximum Gasteiger partial charge on any atom is 0.232 e. The Morgan fingerprint density at radius 1 is 1.47 bits per heavy atom. The van der Waals surface area contributed by atoms with Crippen molar-refractivity contribution in [1.82, 2.24) is 0 Å². The normalized spacial score (nSPS) is 23.4. The molecule has 1 unspecified atom stereocenters. The first kappa shape index (κ1) is 12.4. The number of anilines is 2. The van der Waals surface area contributed by atoms with E-state index in [1.807, 2.05) is 13.8 Å². The first-order chi connectivity index (χ1) is 7.96. The van der Waals surface area contributed by atoms with Gasteiger partial charge in [0, 0.05) is 12.6 Å².